The van der Waals surface area contributed by atoms with E-state index in [2.05, 4.69) is 20.7 Å². The van der Waals surface area contributed by atoms with Crippen LogP contribution in [0.15, 0.2) is 12.4 Å². The van der Waals surface area contributed by atoms with Crippen LogP contribution in [0.1, 0.15) is 90.7 Å². The maximum atomic E-state index is 12.0. The van der Waals surface area contributed by atoms with Crippen LogP contribution in [0, 0.1) is 5.92 Å². The number of anilines is 1. The van der Waals surface area contributed by atoms with Gasteiger partial charge in [-0.15, -0.1) is 0 Å². The number of rotatable bonds is 13. The molecule has 0 radical (unpaired) electrons. The number of halogens is 1. The van der Waals surface area contributed by atoms with Crippen molar-refractivity contribution in [3.8, 4) is 11.3 Å². The molecule has 2 aliphatic carbocycles. The molecule has 42 heavy (non-hydrogen) atoms. The molecule has 11 nitrogen and oxygen atoms in total. The fourth-order valence-corrected chi connectivity index (χ4v) is 5.73. The summed E-state index contributed by atoms with van der Waals surface area (Å²) in [5, 5.41) is 21.1. The van der Waals surface area contributed by atoms with Gasteiger partial charge in [0, 0.05) is 43.5 Å². The summed E-state index contributed by atoms with van der Waals surface area (Å²) in [6.07, 6.45) is 12.4. The molecule has 0 unspecified atom stereocenters. The highest BCUT2D eigenvalue weighted by Crippen LogP contribution is 2.37. The smallest absolute Gasteiger partial charge is 0.407 e. The van der Waals surface area contributed by atoms with Crippen LogP contribution in [0.2, 0.25) is 5.02 Å². The lowest BCUT2D eigenvalue weighted by Crippen LogP contribution is -2.44. The highest BCUT2D eigenvalue weighted by atomic mass is 35.5. The van der Waals surface area contributed by atoms with E-state index in [-0.39, 0.29) is 12.1 Å². The molecule has 4 rings (SSSR count). The monoisotopic (exact) mass is 603 g/mol. The predicted octanol–water partition coefficient (Wildman–Crippen LogP) is 6.27. The number of carboxylic acid groups (broad SMARTS) is 1. The van der Waals surface area contributed by atoms with Gasteiger partial charge in [0.2, 0.25) is 5.95 Å². The molecule has 2 aromatic heterocycles. The number of ether oxygens (including phenoxy) is 1. The van der Waals surface area contributed by atoms with Gasteiger partial charge in [-0.05, 0) is 84.5 Å². The van der Waals surface area contributed by atoms with Crippen molar-refractivity contribution < 1.29 is 19.4 Å². The normalized spacial score (nSPS) is 18.9. The van der Waals surface area contributed by atoms with Crippen molar-refractivity contribution in [1.29, 1.82) is 0 Å². The van der Waals surface area contributed by atoms with Gasteiger partial charge in [-0.25, -0.2) is 19.6 Å². The predicted molar refractivity (Wildman–Crippen MR) is 163 cm³/mol. The SMILES string of the molecule is Cn1ncc(-c2nc(N[C@H]3CC[C@H](N(CCCCCCNC(=O)OC(C)(C)C)C(=O)O)CC3)ncc2Cl)c1CC1CC1. The van der Waals surface area contributed by atoms with Crippen molar-refractivity contribution in [3.05, 3.63) is 23.1 Å². The minimum absolute atomic E-state index is 0.0106. The number of alkyl carbamates (subject to hydrolysis) is 1. The third kappa shape index (κ3) is 9.47. The topological polar surface area (TPSA) is 135 Å². The Morgan fingerprint density at radius 1 is 1.10 bits per heavy atom. The number of hydrogen-bond donors (Lipinski definition) is 3. The number of amides is 2. The average molecular weight is 604 g/mol. The van der Waals surface area contributed by atoms with Crippen LogP contribution >= 0.6 is 11.6 Å². The maximum Gasteiger partial charge on any atom is 0.407 e. The molecular formula is C30H46ClN7O4. The van der Waals surface area contributed by atoms with Crippen LogP contribution in [-0.2, 0) is 18.2 Å². The molecule has 0 aliphatic heterocycles. The van der Waals surface area contributed by atoms with Crippen LogP contribution in [0.25, 0.3) is 11.3 Å². The lowest BCUT2D eigenvalue weighted by atomic mass is 9.90. The van der Waals surface area contributed by atoms with Gasteiger partial charge in [0.05, 0.1) is 23.1 Å². The van der Waals surface area contributed by atoms with Crippen LogP contribution in [-0.4, -0.2) is 72.7 Å². The number of aryl methyl sites for hydroxylation is 1. The molecule has 2 heterocycles. The van der Waals surface area contributed by atoms with E-state index in [4.69, 9.17) is 21.3 Å². The van der Waals surface area contributed by atoms with Crippen molar-refractivity contribution in [2.45, 2.75) is 109 Å². The third-order valence-electron chi connectivity index (χ3n) is 7.95. The van der Waals surface area contributed by atoms with E-state index >= 15 is 0 Å². The molecule has 2 aromatic rings. The van der Waals surface area contributed by atoms with E-state index in [0.717, 1.165) is 69.0 Å². The molecule has 2 saturated carbocycles. The molecule has 0 aromatic carbocycles. The van der Waals surface area contributed by atoms with E-state index < -0.39 is 17.8 Å². The van der Waals surface area contributed by atoms with Gasteiger partial charge < -0.3 is 25.4 Å². The second-order valence-corrected chi connectivity index (χ2v) is 13.0. The summed E-state index contributed by atoms with van der Waals surface area (Å²) in [7, 11) is 1.96. The first-order valence-electron chi connectivity index (χ1n) is 15.3. The molecule has 0 atom stereocenters. The zero-order valence-electron chi connectivity index (χ0n) is 25.4. The van der Waals surface area contributed by atoms with Crippen LogP contribution in [0.3, 0.4) is 0 Å². The van der Waals surface area contributed by atoms with Crippen LogP contribution in [0.4, 0.5) is 15.5 Å². The minimum Gasteiger partial charge on any atom is -0.465 e. The Labute approximate surface area is 253 Å². The Hall–Kier alpha value is -3.08. The highest BCUT2D eigenvalue weighted by Gasteiger charge is 2.30. The Balaban J connectivity index is 1.21. The van der Waals surface area contributed by atoms with Crippen LogP contribution in [0.5, 0.6) is 0 Å². The maximum absolute atomic E-state index is 12.0. The van der Waals surface area contributed by atoms with Crippen molar-refractivity contribution in [2.24, 2.45) is 13.0 Å². The summed E-state index contributed by atoms with van der Waals surface area (Å²) in [5.41, 5.74) is 2.30. The zero-order valence-corrected chi connectivity index (χ0v) is 26.1. The number of hydrogen-bond acceptors (Lipinski definition) is 7. The summed E-state index contributed by atoms with van der Waals surface area (Å²) in [5.74, 6) is 1.25. The Morgan fingerprint density at radius 3 is 2.48 bits per heavy atom. The number of carbonyl (C=O) groups is 2. The molecule has 2 aliphatic rings. The number of aromatic nitrogens is 4. The second-order valence-electron chi connectivity index (χ2n) is 12.6. The molecule has 0 spiro atoms. The Bertz CT molecular complexity index is 1200. The second kappa shape index (κ2) is 14.4. The zero-order chi connectivity index (χ0) is 30.3. The fraction of sp³-hybridized carbons (Fsp3) is 0.700. The molecule has 12 heteroatoms. The van der Waals surface area contributed by atoms with Gasteiger partial charge in [0.1, 0.15) is 5.60 Å². The lowest BCUT2D eigenvalue weighted by molar-refractivity contribution is 0.0526. The molecule has 2 amide bonds. The van der Waals surface area contributed by atoms with Gasteiger partial charge in [0.25, 0.3) is 0 Å². The van der Waals surface area contributed by atoms with Gasteiger partial charge in [-0.1, -0.05) is 24.4 Å². The molecular weight excluding hydrogens is 558 g/mol. The van der Waals surface area contributed by atoms with Gasteiger partial charge in [-0.3, -0.25) is 4.68 Å². The van der Waals surface area contributed by atoms with E-state index in [9.17, 15) is 14.7 Å². The fourth-order valence-electron chi connectivity index (χ4n) is 5.54. The molecule has 232 valence electrons. The van der Waals surface area contributed by atoms with Crippen molar-refractivity contribution >= 4 is 29.7 Å². The van der Waals surface area contributed by atoms with Crippen molar-refractivity contribution in [3.63, 3.8) is 0 Å². The minimum atomic E-state index is -0.859. The quantitative estimate of drug-likeness (QED) is 0.228. The Kier molecular flexibility index (Phi) is 10.9. The highest BCUT2D eigenvalue weighted by molar-refractivity contribution is 6.32. The third-order valence-corrected chi connectivity index (χ3v) is 8.23. The largest absolute Gasteiger partial charge is 0.465 e. The first-order chi connectivity index (χ1) is 20.0. The van der Waals surface area contributed by atoms with Gasteiger partial charge in [0.15, 0.2) is 0 Å². The molecule has 3 N–H and O–H groups in total. The van der Waals surface area contributed by atoms with E-state index in [1.54, 1.807) is 11.1 Å². The van der Waals surface area contributed by atoms with Crippen molar-refractivity contribution in [2.75, 3.05) is 18.4 Å². The van der Waals surface area contributed by atoms with E-state index in [1.165, 1.54) is 12.8 Å². The Morgan fingerprint density at radius 2 is 1.81 bits per heavy atom. The van der Waals surface area contributed by atoms with Crippen molar-refractivity contribution in [1.82, 2.24) is 30.0 Å². The number of nitrogens with zero attached hydrogens (tertiary/aromatic N) is 5. The number of unbranched alkanes of at least 4 members (excludes halogenated alkanes) is 3. The first kappa shape index (κ1) is 31.8. The summed E-state index contributed by atoms with van der Waals surface area (Å²) in [6.45, 7) is 6.58. The molecule has 2 fully saturated rings. The molecule has 0 bridgehead atoms. The summed E-state index contributed by atoms with van der Waals surface area (Å²) < 4.78 is 7.15. The number of carbonyl (C=O) groups excluding carboxylic acids is 1. The van der Waals surface area contributed by atoms with Gasteiger partial charge in [-0.2, -0.15) is 5.10 Å². The average Bonchev–Trinajstić information content (AvgIpc) is 3.67. The summed E-state index contributed by atoms with van der Waals surface area (Å²) in [4.78, 5) is 34.6. The van der Waals surface area contributed by atoms with Gasteiger partial charge >= 0.3 is 12.2 Å². The summed E-state index contributed by atoms with van der Waals surface area (Å²) in [6, 6.07) is 0.180. The first-order valence-corrected chi connectivity index (χ1v) is 15.6. The van der Waals surface area contributed by atoms with E-state index in [0.29, 0.717) is 35.7 Å². The van der Waals surface area contributed by atoms with E-state index in [1.807, 2.05) is 38.7 Å². The summed E-state index contributed by atoms with van der Waals surface area (Å²) >= 11 is 6.53. The number of nitrogens with one attached hydrogen (secondary N) is 2. The van der Waals surface area contributed by atoms with Crippen LogP contribution < -0.4 is 10.6 Å². The molecule has 0 saturated heterocycles. The lowest BCUT2D eigenvalue weighted by Gasteiger charge is -2.35. The standard InChI is InChI=1S/C30H46ClN7O4/c1-30(2,3)42-28(39)32-15-7-5-6-8-16-38(29(40)41)22-13-11-21(12-14-22)35-27-33-19-24(31)26(36-27)23-18-34-37(4)25(23)17-20-9-10-20/h18-22H,5-17H2,1-4H3,(H,32,39)(H,40,41)(H,33,35,36)/t21-,22-.